The van der Waals surface area contributed by atoms with Gasteiger partial charge in [-0.25, -0.2) is 9.18 Å². The van der Waals surface area contributed by atoms with Crippen LogP contribution in [-0.4, -0.2) is 18.7 Å². The molecule has 0 aromatic carbocycles. The first-order valence-corrected chi connectivity index (χ1v) is 3.57. The summed E-state index contributed by atoms with van der Waals surface area (Å²) >= 11 is 0. The van der Waals surface area contributed by atoms with Crippen LogP contribution in [0.3, 0.4) is 0 Å². The predicted octanol–water partition coefficient (Wildman–Crippen LogP) is 1.85. The summed E-state index contributed by atoms with van der Waals surface area (Å²) in [7, 11) is 0. The van der Waals surface area contributed by atoms with Gasteiger partial charge in [0, 0.05) is 6.08 Å². The molecule has 11 heavy (non-hydrogen) atoms. The molecule has 0 bridgehead atoms. The van der Waals surface area contributed by atoms with Crippen LogP contribution in [-0.2, 0) is 9.53 Å². The van der Waals surface area contributed by atoms with E-state index in [1.807, 2.05) is 0 Å². The molecule has 0 radical (unpaired) electrons. The van der Waals surface area contributed by atoms with E-state index in [0.717, 1.165) is 0 Å². The number of hydrogen-bond donors (Lipinski definition) is 0. The van der Waals surface area contributed by atoms with Crippen LogP contribution < -0.4 is 0 Å². The summed E-state index contributed by atoms with van der Waals surface area (Å²) in [5.41, 5.74) is 0.392. The van der Waals surface area contributed by atoms with E-state index in [9.17, 15) is 9.18 Å². The van der Waals surface area contributed by atoms with Gasteiger partial charge in [-0.05, 0) is 26.3 Å². The molecule has 0 fully saturated rings. The predicted molar refractivity (Wildman–Crippen MR) is 41.0 cm³/mol. The standard InChI is InChI=1S/C8H13FO2/c1-4-11-8(10)5-6(2)7(3)9/h5,7H,4H2,1-3H3/b6-5-. The maximum Gasteiger partial charge on any atom is 0.330 e. The molecular weight excluding hydrogens is 147 g/mol. The molecule has 0 heterocycles. The second kappa shape index (κ2) is 4.88. The molecule has 0 N–H and O–H groups in total. The SMILES string of the molecule is CCOC(=O)/C=C(/C)C(C)F. The van der Waals surface area contributed by atoms with E-state index >= 15 is 0 Å². The van der Waals surface area contributed by atoms with Gasteiger partial charge in [-0.15, -0.1) is 0 Å². The van der Waals surface area contributed by atoms with Gasteiger partial charge in [-0.1, -0.05) is 0 Å². The Balaban J connectivity index is 3.97. The summed E-state index contributed by atoms with van der Waals surface area (Å²) in [4.78, 5) is 10.7. The van der Waals surface area contributed by atoms with Crippen LogP contribution in [0.1, 0.15) is 20.8 Å². The molecule has 0 aliphatic carbocycles. The third-order valence-electron chi connectivity index (χ3n) is 1.26. The van der Waals surface area contributed by atoms with Gasteiger partial charge in [-0.2, -0.15) is 0 Å². The average Bonchev–Trinajstić information content (AvgIpc) is 1.87. The van der Waals surface area contributed by atoms with Crippen LogP contribution in [0.5, 0.6) is 0 Å². The number of hydrogen-bond acceptors (Lipinski definition) is 2. The summed E-state index contributed by atoms with van der Waals surface area (Å²) in [6, 6.07) is 0. The maximum absolute atomic E-state index is 12.4. The van der Waals surface area contributed by atoms with Gasteiger partial charge < -0.3 is 4.74 Å². The van der Waals surface area contributed by atoms with Gasteiger partial charge in [0.15, 0.2) is 0 Å². The number of carbonyl (C=O) groups excluding carboxylic acids is 1. The highest BCUT2D eigenvalue weighted by molar-refractivity contribution is 5.82. The monoisotopic (exact) mass is 160 g/mol. The van der Waals surface area contributed by atoms with Crippen molar-refractivity contribution in [2.24, 2.45) is 0 Å². The van der Waals surface area contributed by atoms with E-state index in [2.05, 4.69) is 4.74 Å². The van der Waals surface area contributed by atoms with Crippen molar-refractivity contribution >= 4 is 5.97 Å². The highest BCUT2D eigenvalue weighted by Gasteiger charge is 2.03. The van der Waals surface area contributed by atoms with Gasteiger partial charge >= 0.3 is 5.97 Å². The second-order valence-electron chi connectivity index (χ2n) is 2.26. The lowest BCUT2D eigenvalue weighted by atomic mass is 10.2. The summed E-state index contributed by atoms with van der Waals surface area (Å²) in [5, 5.41) is 0. The van der Waals surface area contributed by atoms with Gasteiger partial charge in [0.05, 0.1) is 6.61 Å². The molecule has 2 nitrogen and oxygen atoms in total. The lowest BCUT2D eigenvalue weighted by Crippen LogP contribution is -2.03. The normalized spacial score (nSPS) is 14.4. The lowest BCUT2D eigenvalue weighted by Gasteiger charge is -2.00. The first-order valence-electron chi connectivity index (χ1n) is 3.57. The number of carbonyl (C=O) groups is 1. The fourth-order valence-electron chi connectivity index (χ4n) is 0.485. The number of halogens is 1. The maximum atomic E-state index is 12.4. The molecule has 0 aliphatic heterocycles. The Bertz CT molecular complexity index is 161. The summed E-state index contributed by atoms with van der Waals surface area (Å²) in [5.74, 6) is -0.477. The molecule has 0 spiro atoms. The van der Waals surface area contributed by atoms with Crippen LogP contribution in [0.2, 0.25) is 0 Å². The van der Waals surface area contributed by atoms with Crippen molar-refractivity contribution in [2.45, 2.75) is 26.9 Å². The third kappa shape index (κ3) is 4.53. The van der Waals surface area contributed by atoms with Crippen LogP contribution >= 0.6 is 0 Å². The lowest BCUT2D eigenvalue weighted by molar-refractivity contribution is -0.137. The van der Waals surface area contributed by atoms with Crippen LogP contribution in [0.25, 0.3) is 0 Å². The van der Waals surface area contributed by atoms with Crippen molar-refractivity contribution < 1.29 is 13.9 Å². The van der Waals surface area contributed by atoms with E-state index < -0.39 is 12.1 Å². The molecule has 0 aromatic heterocycles. The van der Waals surface area contributed by atoms with Gasteiger partial charge in [-0.3, -0.25) is 0 Å². The molecule has 64 valence electrons. The number of ether oxygens (including phenoxy) is 1. The molecular formula is C8H13FO2. The summed E-state index contributed by atoms with van der Waals surface area (Å²) in [6.45, 7) is 4.97. The Kier molecular flexibility index (Phi) is 4.50. The fraction of sp³-hybridized carbons (Fsp3) is 0.625. The Morgan fingerprint density at radius 2 is 2.27 bits per heavy atom. The van der Waals surface area contributed by atoms with Crippen LogP contribution in [0.15, 0.2) is 11.6 Å². The Labute approximate surface area is 66.0 Å². The molecule has 0 aliphatic rings. The second-order valence-corrected chi connectivity index (χ2v) is 2.26. The molecule has 0 saturated carbocycles. The van der Waals surface area contributed by atoms with Crippen LogP contribution in [0, 0.1) is 0 Å². The van der Waals surface area contributed by atoms with Crippen molar-refractivity contribution in [1.82, 2.24) is 0 Å². The van der Waals surface area contributed by atoms with Crippen molar-refractivity contribution in [3.8, 4) is 0 Å². The van der Waals surface area contributed by atoms with E-state index in [1.165, 1.54) is 13.0 Å². The minimum absolute atomic E-state index is 0.323. The van der Waals surface area contributed by atoms with Crippen molar-refractivity contribution in [3.63, 3.8) is 0 Å². The highest BCUT2D eigenvalue weighted by atomic mass is 19.1. The minimum Gasteiger partial charge on any atom is -0.463 e. The first-order chi connectivity index (χ1) is 5.07. The number of allylic oxidation sites excluding steroid dienone is 1. The molecule has 0 aromatic rings. The molecule has 0 amide bonds. The smallest absolute Gasteiger partial charge is 0.330 e. The molecule has 1 atom stereocenters. The zero-order valence-corrected chi connectivity index (χ0v) is 7.06. The van der Waals surface area contributed by atoms with E-state index in [1.54, 1.807) is 13.8 Å². The topological polar surface area (TPSA) is 26.3 Å². The fourth-order valence-corrected chi connectivity index (χ4v) is 0.485. The molecule has 0 rings (SSSR count). The number of alkyl halides is 1. The minimum atomic E-state index is -1.08. The molecule has 1 unspecified atom stereocenters. The van der Waals surface area contributed by atoms with E-state index in [0.29, 0.717) is 12.2 Å². The third-order valence-corrected chi connectivity index (χ3v) is 1.26. The average molecular weight is 160 g/mol. The molecule has 3 heteroatoms. The Morgan fingerprint density at radius 1 is 1.73 bits per heavy atom. The van der Waals surface area contributed by atoms with Crippen LogP contribution in [0.4, 0.5) is 4.39 Å². The van der Waals surface area contributed by atoms with E-state index in [4.69, 9.17) is 0 Å². The van der Waals surface area contributed by atoms with Gasteiger partial charge in [0.2, 0.25) is 0 Å². The van der Waals surface area contributed by atoms with Gasteiger partial charge in [0.1, 0.15) is 6.17 Å². The zero-order valence-electron chi connectivity index (χ0n) is 7.06. The highest BCUT2D eigenvalue weighted by Crippen LogP contribution is 2.04. The summed E-state index contributed by atoms with van der Waals surface area (Å²) in [6.07, 6.45) is 0.0909. The first kappa shape index (κ1) is 10.1. The zero-order chi connectivity index (χ0) is 8.85. The molecule has 0 saturated heterocycles. The Morgan fingerprint density at radius 3 is 2.64 bits per heavy atom. The quantitative estimate of drug-likeness (QED) is 0.465. The summed E-state index contributed by atoms with van der Waals surface area (Å²) < 4.78 is 17.0. The number of rotatable bonds is 3. The largest absolute Gasteiger partial charge is 0.463 e. The van der Waals surface area contributed by atoms with E-state index in [-0.39, 0.29) is 0 Å². The Hall–Kier alpha value is -0.860. The van der Waals surface area contributed by atoms with Crippen molar-refractivity contribution in [1.29, 1.82) is 0 Å². The van der Waals surface area contributed by atoms with Gasteiger partial charge in [0.25, 0.3) is 0 Å². The van der Waals surface area contributed by atoms with Crippen molar-refractivity contribution in [2.75, 3.05) is 6.61 Å². The number of esters is 1. The van der Waals surface area contributed by atoms with Crippen molar-refractivity contribution in [3.05, 3.63) is 11.6 Å².